The Morgan fingerprint density at radius 3 is 2.63 bits per heavy atom. The van der Waals surface area contributed by atoms with Gasteiger partial charge in [-0.05, 0) is 30.7 Å². The summed E-state index contributed by atoms with van der Waals surface area (Å²) >= 11 is 5.88. The zero-order valence-electron chi connectivity index (χ0n) is 11.1. The number of hydrogen-bond donors (Lipinski definition) is 1. The molecule has 0 amide bonds. The molecular weight excluding hydrogens is 260 g/mol. The van der Waals surface area contributed by atoms with Crippen LogP contribution in [0.5, 0.6) is 0 Å². The van der Waals surface area contributed by atoms with Crippen LogP contribution in [0.4, 0.5) is 11.8 Å². The third kappa shape index (κ3) is 3.83. The summed E-state index contributed by atoms with van der Waals surface area (Å²) in [5, 5.41) is 3.86. The largest absolute Gasteiger partial charge is 0.355 e. The second-order valence-electron chi connectivity index (χ2n) is 4.25. The highest BCUT2D eigenvalue weighted by molar-refractivity contribution is 6.30. The third-order valence-electron chi connectivity index (χ3n) is 2.70. The van der Waals surface area contributed by atoms with Crippen LogP contribution in [0.15, 0.2) is 36.5 Å². The van der Waals surface area contributed by atoms with E-state index >= 15 is 0 Å². The summed E-state index contributed by atoms with van der Waals surface area (Å²) in [4.78, 5) is 10.7. The first-order chi connectivity index (χ1) is 9.19. The molecule has 1 N–H and O–H groups in total. The summed E-state index contributed by atoms with van der Waals surface area (Å²) in [6, 6.07) is 9.73. The van der Waals surface area contributed by atoms with Crippen molar-refractivity contribution in [3.8, 4) is 0 Å². The van der Waals surface area contributed by atoms with Crippen LogP contribution in [0.3, 0.4) is 0 Å². The average Bonchev–Trinajstić information content (AvgIpc) is 2.42. The fraction of sp³-hybridized carbons (Fsp3) is 0.286. The van der Waals surface area contributed by atoms with Gasteiger partial charge in [0.1, 0.15) is 5.82 Å². The van der Waals surface area contributed by atoms with Crippen LogP contribution in [0, 0.1) is 0 Å². The molecule has 0 aliphatic carbocycles. The topological polar surface area (TPSA) is 41.1 Å². The van der Waals surface area contributed by atoms with Crippen LogP contribution in [-0.2, 0) is 6.54 Å². The van der Waals surface area contributed by atoms with Crippen molar-refractivity contribution in [3.63, 3.8) is 0 Å². The van der Waals surface area contributed by atoms with Crippen LogP contribution in [-0.4, -0.2) is 23.6 Å². The second kappa shape index (κ2) is 6.38. The Bertz CT molecular complexity index is 527. The molecule has 0 bridgehead atoms. The van der Waals surface area contributed by atoms with E-state index in [-0.39, 0.29) is 0 Å². The predicted octanol–water partition coefficient (Wildman–Crippen LogP) is 3.20. The molecule has 0 saturated carbocycles. The van der Waals surface area contributed by atoms with Gasteiger partial charge in [-0.15, -0.1) is 0 Å². The number of benzene rings is 1. The minimum absolute atomic E-state index is 0.656. The first-order valence-electron chi connectivity index (χ1n) is 6.21. The SMILES string of the molecule is CCNc1nccc(N(C)Cc2ccc(Cl)cc2)n1. The number of hydrogen-bond acceptors (Lipinski definition) is 4. The van der Waals surface area contributed by atoms with Crippen molar-refractivity contribution in [2.45, 2.75) is 13.5 Å². The van der Waals surface area contributed by atoms with E-state index in [4.69, 9.17) is 11.6 Å². The molecule has 5 heteroatoms. The Morgan fingerprint density at radius 1 is 1.21 bits per heavy atom. The molecule has 0 saturated heterocycles. The molecule has 2 aromatic rings. The maximum absolute atomic E-state index is 5.88. The van der Waals surface area contributed by atoms with E-state index in [9.17, 15) is 0 Å². The van der Waals surface area contributed by atoms with E-state index in [1.807, 2.05) is 44.3 Å². The van der Waals surface area contributed by atoms with Crippen LogP contribution >= 0.6 is 11.6 Å². The Kier molecular flexibility index (Phi) is 4.58. The Morgan fingerprint density at radius 2 is 1.95 bits per heavy atom. The van der Waals surface area contributed by atoms with Gasteiger partial charge in [0, 0.05) is 31.4 Å². The fourth-order valence-electron chi connectivity index (χ4n) is 1.75. The maximum Gasteiger partial charge on any atom is 0.224 e. The molecule has 2 rings (SSSR count). The number of rotatable bonds is 5. The number of anilines is 2. The summed E-state index contributed by atoms with van der Waals surface area (Å²) in [6.07, 6.45) is 1.76. The Labute approximate surface area is 118 Å². The van der Waals surface area contributed by atoms with Gasteiger partial charge in [0.15, 0.2) is 0 Å². The highest BCUT2D eigenvalue weighted by Crippen LogP contribution is 2.15. The molecule has 1 heterocycles. The van der Waals surface area contributed by atoms with Gasteiger partial charge >= 0.3 is 0 Å². The van der Waals surface area contributed by atoms with Crippen molar-refractivity contribution in [2.24, 2.45) is 0 Å². The van der Waals surface area contributed by atoms with Crippen molar-refractivity contribution in [1.29, 1.82) is 0 Å². The summed E-state index contributed by atoms with van der Waals surface area (Å²) in [5.41, 5.74) is 1.19. The summed E-state index contributed by atoms with van der Waals surface area (Å²) < 4.78 is 0. The lowest BCUT2D eigenvalue weighted by molar-refractivity contribution is 0.890. The van der Waals surface area contributed by atoms with E-state index in [1.165, 1.54) is 5.56 Å². The molecule has 0 atom stereocenters. The molecule has 19 heavy (non-hydrogen) atoms. The molecule has 0 aliphatic heterocycles. The van der Waals surface area contributed by atoms with E-state index < -0.39 is 0 Å². The van der Waals surface area contributed by atoms with Gasteiger partial charge < -0.3 is 10.2 Å². The Balaban J connectivity index is 2.08. The lowest BCUT2D eigenvalue weighted by Crippen LogP contribution is -2.18. The first kappa shape index (κ1) is 13.6. The van der Waals surface area contributed by atoms with Gasteiger partial charge in [-0.25, -0.2) is 4.98 Å². The minimum atomic E-state index is 0.656. The van der Waals surface area contributed by atoms with Crippen LogP contribution < -0.4 is 10.2 Å². The standard InChI is InChI=1S/C14H17ClN4/c1-3-16-14-17-9-8-13(18-14)19(2)10-11-4-6-12(15)7-5-11/h4-9H,3,10H2,1-2H3,(H,16,17,18). The zero-order chi connectivity index (χ0) is 13.7. The number of halogens is 1. The normalized spacial score (nSPS) is 10.3. The summed E-state index contributed by atoms with van der Waals surface area (Å²) in [6.45, 7) is 3.61. The van der Waals surface area contributed by atoms with Gasteiger partial charge in [-0.3, -0.25) is 0 Å². The zero-order valence-corrected chi connectivity index (χ0v) is 11.9. The van der Waals surface area contributed by atoms with Crippen LogP contribution in [0.25, 0.3) is 0 Å². The van der Waals surface area contributed by atoms with Crippen molar-refractivity contribution >= 4 is 23.4 Å². The molecule has 0 spiro atoms. The van der Waals surface area contributed by atoms with Gasteiger partial charge in [-0.2, -0.15) is 4.98 Å². The Hall–Kier alpha value is -1.81. The van der Waals surface area contributed by atoms with Crippen molar-refractivity contribution < 1.29 is 0 Å². The van der Waals surface area contributed by atoms with Gasteiger partial charge in [0.25, 0.3) is 0 Å². The van der Waals surface area contributed by atoms with E-state index in [2.05, 4.69) is 20.2 Å². The molecule has 0 radical (unpaired) electrons. The van der Waals surface area contributed by atoms with Crippen molar-refractivity contribution in [1.82, 2.24) is 9.97 Å². The van der Waals surface area contributed by atoms with Crippen LogP contribution in [0.1, 0.15) is 12.5 Å². The summed E-state index contributed by atoms with van der Waals surface area (Å²) in [7, 11) is 2.01. The van der Waals surface area contributed by atoms with Crippen molar-refractivity contribution in [3.05, 3.63) is 47.1 Å². The summed E-state index contributed by atoms with van der Waals surface area (Å²) in [5.74, 6) is 1.55. The van der Waals surface area contributed by atoms with E-state index in [0.717, 1.165) is 23.9 Å². The van der Waals surface area contributed by atoms with Gasteiger partial charge in [0.05, 0.1) is 0 Å². The van der Waals surface area contributed by atoms with Gasteiger partial charge in [0.2, 0.25) is 5.95 Å². The molecule has 1 aromatic carbocycles. The molecule has 0 fully saturated rings. The maximum atomic E-state index is 5.88. The second-order valence-corrected chi connectivity index (χ2v) is 4.69. The number of nitrogens with one attached hydrogen (secondary N) is 1. The third-order valence-corrected chi connectivity index (χ3v) is 2.95. The average molecular weight is 277 g/mol. The molecule has 100 valence electrons. The van der Waals surface area contributed by atoms with Gasteiger partial charge in [-0.1, -0.05) is 23.7 Å². The lowest BCUT2D eigenvalue weighted by atomic mass is 10.2. The van der Waals surface area contributed by atoms with E-state index in [0.29, 0.717) is 5.95 Å². The monoisotopic (exact) mass is 276 g/mol. The molecule has 0 unspecified atom stereocenters. The molecule has 0 aliphatic rings. The molecule has 4 nitrogen and oxygen atoms in total. The van der Waals surface area contributed by atoms with E-state index in [1.54, 1.807) is 6.20 Å². The smallest absolute Gasteiger partial charge is 0.224 e. The first-order valence-corrected chi connectivity index (χ1v) is 6.59. The molecule has 1 aromatic heterocycles. The van der Waals surface area contributed by atoms with Crippen molar-refractivity contribution in [2.75, 3.05) is 23.8 Å². The van der Waals surface area contributed by atoms with Crippen LogP contribution in [0.2, 0.25) is 5.02 Å². The number of aromatic nitrogens is 2. The molecular formula is C14H17ClN4. The quantitative estimate of drug-likeness (QED) is 0.911. The highest BCUT2D eigenvalue weighted by Gasteiger charge is 2.05. The lowest BCUT2D eigenvalue weighted by Gasteiger charge is -2.18. The highest BCUT2D eigenvalue weighted by atomic mass is 35.5. The fourth-order valence-corrected chi connectivity index (χ4v) is 1.88. The number of nitrogens with zero attached hydrogens (tertiary/aromatic N) is 3. The minimum Gasteiger partial charge on any atom is -0.355 e. The predicted molar refractivity (Wildman–Crippen MR) is 79.8 cm³/mol.